The van der Waals surface area contributed by atoms with Crippen molar-refractivity contribution in [1.29, 1.82) is 0 Å². The Bertz CT molecular complexity index is 1350. The Morgan fingerprint density at radius 3 is 2.78 bits per heavy atom. The summed E-state index contributed by atoms with van der Waals surface area (Å²) in [6.07, 6.45) is 9.13. The minimum atomic E-state index is -0.0391. The molecule has 1 saturated heterocycles. The molecule has 162 valence electrons. The van der Waals surface area contributed by atoms with Gasteiger partial charge in [0.05, 0.1) is 41.0 Å². The molecule has 0 unspecified atom stereocenters. The molecule has 6 nitrogen and oxygen atoms in total. The third kappa shape index (κ3) is 2.97. The van der Waals surface area contributed by atoms with Crippen molar-refractivity contribution < 1.29 is 4.79 Å². The molecule has 5 heterocycles. The molecule has 1 amide bonds. The number of halogens is 2. The van der Waals surface area contributed by atoms with Crippen LogP contribution >= 0.6 is 23.2 Å². The first-order valence-corrected chi connectivity index (χ1v) is 11.5. The zero-order chi connectivity index (χ0) is 22.0. The van der Waals surface area contributed by atoms with Crippen molar-refractivity contribution in [3.63, 3.8) is 0 Å². The van der Waals surface area contributed by atoms with E-state index in [0.29, 0.717) is 15.6 Å². The van der Waals surface area contributed by atoms with Crippen LogP contribution in [0.25, 0.3) is 16.8 Å². The topological polar surface area (TPSA) is 55.4 Å². The van der Waals surface area contributed by atoms with Gasteiger partial charge in [-0.1, -0.05) is 23.2 Å². The maximum atomic E-state index is 13.8. The number of fused-ring (bicyclic) bond motifs is 5. The van der Waals surface area contributed by atoms with E-state index in [2.05, 4.69) is 9.88 Å². The molecule has 0 radical (unpaired) electrons. The summed E-state index contributed by atoms with van der Waals surface area (Å²) in [4.78, 5) is 20.1. The van der Waals surface area contributed by atoms with E-state index in [1.807, 2.05) is 46.6 Å². The number of aryl methyl sites for hydroxylation is 1. The van der Waals surface area contributed by atoms with Crippen LogP contribution in [0.2, 0.25) is 10.0 Å². The van der Waals surface area contributed by atoms with E-state index in [0.717, 1.165) is 48.2 Å². The van der Waals surface area contributed by atoms with E-state index in [1.54, 1.807) is 18.6 Å². The molecule has 8 heteroatoms. The van der Waals surface area contributed by atoms with Crippen LogP contribution in [-0.4, -0.2) is 36.0 Å². The lowest BCUT2D eigenvalue weighted by atomic mass is 9.81. The Balaban J connectivity index is 1.46. The van der Waals surface area contributed by atoms with Gasteiger partial charge in [-0.2, -0.15) is 5.10 Å². The highest BCUT2D eigenvalue weighted by molar-refractivity contribution is 6.35. The third-order valence-electron chi connectivity index (χ3n) is 6.73. The van der Waals surface area contributed by atoms with Crippen molar-refractivity contribution in [3.8, 4) is 11.3 Å². The first kappa shape index (κ1) is 19.8. The molecule has 0 spiro atoms. The van der Waals surface area contributed by atoms with Crippen molar-refractivity contribution >= 4 is 34.6 Å². The Morgan fingerprint density at radius 1 is 1.16 bits per heavy atom. The predicted octanol–water partition coefficient (Wildman–Crippen LogP) is 5.33. The van der Waals surface area contributed by atoms with E-state index in [-0.39, 0.29) is 18.0 Å². The van der Waals surface area contributed by atoms with Gasteiger partial charge in [-0.3, -0.25) is 9.48 Å². The largest absolute Gasteiger partial charge is 0.327 e. The quantitative estimate of drug-likeness (QED) is 0.401. The molecule has 2 atom stereocenters. The van der Waals surface area contributed by atoms with E-state index in [1.165, 1.54) is 5.56 Å². The van der Waals surface area contributed by atoms with Gasteiger partial charge in [0.25, 0.3) is 5.91 Å². The number of aromatic nitrogens is 4. The maximum Gasteiger partial charge on any atom is 0.256 e. The minimum absolute atomic E-state index is 0.0391. The van der Waals surface area contributed by atoms with Crippen molar-refractivity contribution in [2.24, 2.45) is 7.05 Å². The van der Waals surface area contributed by atoms with Crippen LogP contribution in [0.3, 0.4) is 0 Å². The van der Waals surface area contributed by atoms with Gasteiger partial charge >= 0.3 is 0 Å². The number of rotatable bonds is 2. The fraction of sp³-hybridized carbons (Fsp3) is 0.292. The second-order valence-corrected chi connectivity index (χ2v) is 9.49. The molecule has 4 aromatic rings. The van der Waals surface area contributed by atoms with E-state index >= 15 is 0 Å². The summed E-state index contributed by atoms with van der Waals surface area (Å²) in [6.45, 7) is 0. The van der Waals surface area contributed by atoms with Crippen molar-refractivity contribution in [3.05, 3.63) is 75.9 Å². The molecule has 1 aromatic carbocycles. The van der Waals surface area contributed by atoms with Gasteiger partial charge in [-0.25, -0.2) is 4.98 Å². The lowest BCUT2D eigenvalue weighted by Gasteiger charge is -2.45. The van der Waals surface area contributed by atoms with E-state index in [4.69, 9.17) is 28.3 Å². The Kier molecular flexibility index (Phi) is 4.56. The summed E-state index contributed by atoms with van der Waals surface area (Å²) in [6, 6.07) is 9.48. The summed E-state index contributed by atoms with van der Waals surface area (Å²) >= 11 is 12.6. The first-order chi connectivity index (χ1) is 15.5. The summed E-state index contributed by atoms with van der Waals surface area (Å²) in [5, 5.41) is 6.11. The van der Waals surface area contributed by atoms with Crippen LogP contribution < -0.4 is 0 Å². The highest BCUT2D eigenvalue weighted by Gasteiger charge is 2.43. The predicted molar refractivity (Wildman–Crippen MR) is 124 cm³/mol. The molecule has 3 aromatic heterocycles. The van der Waals surface area contributed by atoms with Gasteiger partial charge in [-0.15, -0.1) is 0 Å². The van der Waals surface area contributed by atoms with Crippen molar-refractivity contribution in [1.82, 2.24) is 24.1 Å². The highest BCUT2D eigenvalue weighted by atomic mass is 35.5. The standard InChI is InChI=1S/C24H21Cl2N5O/c1-29-23(14-8-15(25)10-16(26)9-14)19-11-17-4-2-6-20(22(19)28-29)31(17)24(32)18-5-3-7-30-13-27-12-21(18)30/h3,5,7-10,12-13,17,20H,2,4,6,11H2,1H3/t17-,20+/m1/s1. The smallest absolute Gasteiger partial charge is 0.256 e. The molecular weight excluding hydrogens is 445 g/mol. The second-order valence-electron chi connectivity index (χ2n) is 8.62. The van der Waals surface area contributed by atoms with Crippen LogP contribution in [0.15, 0.2) is 49.1 Å². The van der Waals surface area contributed by atoms with Crippen molar-refractivity contribution in [2.45, 2.75) is 37.8 Å². The van der Waals surface area contributed by atoms with E-state index in [9.17, 15) is 4.79 Å². The van der Waals surface area contributed by atoms with Crippen LogP contribution in [0, 0.1) is 0 Å². The molecule has 1 fully saturated rings. The third-order valence-corrected chi connectivity index (χ3v) is 7.16. The summed E-state index contributed by atoms with van der Waals surface area (Å²) in [7, 11) is 1.95. The molecule has 0 saturated carbocycles. The number of hydrogen-bond donors (Lipinski definition) is 0. The average molecular weight is 466 g/mol. The van der Waals surface area contributed by atoms with Gasteiger partial charge in [-0.05, 0) is 56.0 Å². The average Bonchev–Trinajstić information content (AvgIpc) is 3.36. The molecule has 2 bridgehead atoms. The highest BCUT2D eigenvalue weighted by Crippen LogP contribution is 2.45. The Labute approximate surface area is 195 Å². The number of carbonyl (C=O) groups excluding carboxylic acids is 1. The molecule has 2 aliphatic rings. The number of nitrogens with zero attached hydrogens (tertiary/aromatic N) is 5. The summed E-state index contributed by atoms with van der Waals surface area (Å²) in [5.41, 5.74) is 5.70. The number of pyridine rings is 1. The number of benzene rings is 1. The van der Waals surface area contributed by atoms with Gasteiger partial charge in [0, 0.05) is 40.5 Å². The van der Waals surface area contributed by atoms with Gasteiger partial charge in [0.2, 0.25) is 0 Å². The zero-order valence-electron chi connectivity index (χ0n) is 17.5. The molecule has 32 heavy (non-hydrogen) atoms. The minimum Gasteiger partial charge on any atom is -0.327 e. The molecule has 2 aliphatic heterocycles. The molecule has 0 N–H and O–H groups in total. The lowest BCUT2D eigenvalue weighted by molar-refractivity contribution is 0.0393. The van der Waals surface area contributed by atoms with Crippen molar-refractivity contribution in [2.75, 3.05) is 0 Å². The van der Waals surface area contributed by atoms with Crippen LogP contribution in [0.5, 0.6) is 0 Å². The number of piperidine rings is 1. The van der Waals surface area contributed by atoms with Gasteiger partial charge < -0.3 is 9.30 Å². The van der Waals surface area contributed by atoms with Gasteiger partial charge in [0.15, 0.2) is 0 Å². The second kappa shape index (κ2) is 7.36. The fourth-order valence-electron chi connectivity index (χ4n) is 5.47. The zero-order valence-corrected chi connectivity index (χ0v) is 19.0. The summed E-state index contributed by atoms with van der Waals surface area (Å²) in [5.74, 6) is 0.0504. The van der Waals surface area contributed by atoms with Crippen LogP contribution in [-0.2, 0) is 13.5 Å². The number of hydrogen-bond acceptors (Lipinski definition) is 3. The lowest BCUT2D eigenvalue weighted by Crippen LogP contribution is -2.50. The van der Waals surface area contributed by atoms with E-state index < -0.39 is 0 Å². The SMILES string of the molecule is Cn1nc2c(c1-c1cc(Cl)cc(Cl)c1)C[C@H]1CCC[C@@H]2N1C(=O)c1cccn2cncc12. The van der Waals surface area contributed by atoms with Gasteiger partial charge in [0.1, 0.15) is 0 Å². The Hall–Kier alpha value is -2.83. The normalized spacial score (nSPS) is 19.9. The molecule has 6 rings (SSSR count). The number of imidazole rings is 1. The maximum absolute atomic E-state index is 13.8. The molecular formula is C24H21Cl2N5O. The monoisotopic (exact) mass is 465 g/mol. The van der Waals surface area contributed by atoms with Crippen LogP contribution in [0.4, 0.5) is 0 Å². The Morgan fingerprint density at radius 2 is 1.97 bits per heavy atom. The number of carbonyl (C=O) groups is 1. The first-order valence-electron chi connectivity index (χ1n) is 10.8. The van der Waals surface area contributed by atoms with Crippen LogP contribution in [0.1, 0.15) is 46.9 Å². The molecule has 0 aliphatic carbocycles. The fourth-order valence-corrected chi connectivity index (χ4v) is 6.00. The summed E-state index contributed by atoms with van der Waals surface area (Å²) < 4.78 is 3.80. The number of amides is 1.